The molecule has 1 saturated heterocycles. The Labute approximate surface area is 206 Å². The van der Waals surface area contributed by atoms with Gasteiger partial charge in [-0.05, 0) is 49.6 Å². The number of aliphatic hydroxyl groups is 1. The molecule has 7 heteroatoms. The fraction of sp³-hybridized carbons (Fsp3) is 0.500. The van der Waals surface area contributed by atoms with E-state index in [1.165, 1.54) is 25.0 Å². The maximum Gasteiger partial charge on any atom is 0.318 e. The van der Waals surface area contributed by atoms with E-state index in [1.807, 2.05) is 37.3 Å². The second-order valence-electron chi connectivity index (χ2n) is 10.7. The summed E-state index contributed by atoms with van der Waals surface area (Å²) in [5.41, 5.74) is 1.31. The quantitative estimate of drug-likeness (QED) is 0.586. The number of hydrogen-bond acceptors (Lipinski definition) is 5. The van der Waals surface area contributed by atoms with E-state index in [9.17, 15) is 19.8 Å². The summed E-state index contributed by atoms with van der Waals surface area (Å²) in [4.78, 5) is 26.4. The number of hydrogen-bond donors (Lipinski definition) is 2. The summed E-state index contributed by atoms with van der Waals surface area (Å²) in [6.45, 7) is 7.09. The molecule has 0 radical (unpaired) electrons. The van der Waals surface area contributed by atoms with Crippen LogP contribution in [0.25, 0.3) is 0 Å². The summed E-state index contributed by atoms with van der Waals surface area (Å²) in [5, 5.41) is 20.3. The molecule has 0 bridgehead atoms. The van der Waals surface area contributed by atoms with Crippen molar-refractivity contribution in [3.63, 3.8) is 0 Å². The molecule has 2 N–H and O–H groups in total. The predicted molar refractivity (Wildman–Crippen MR) is 132 cm³/mol. The highest BCUT2D eigenvalue weighted by molar-refractivity contribution is 6.01. The molecule has 1 fully saturated rings. The summed E-state index contributed by atoms with van der Waals surface area (Å²) in [7, 11) is 1.61. The van der Waals surface area contributed by atoms with Crippen LogP contribution in [0.4, 0.5) is 0 Å². The van der Waals surface area contributed by atoms with Crippen molar-refractivity contribution >= 4 is 11.9 Å². The van der Waals surface area contributed by atoms with Crippen LogP contribution in [-0.2, 0) is 22.4 Å². The standard InChI is InChI=1S/C28H35NO6/c1-17(30)28(4)16-29(25(31)27(2,3)26(32)33)15-22(28)20-10-11-23(34-5)24(14-20)35-21-12-18-8-6-7-9-19(18)13-21/h6-11,14,17,21-22,30H,12-13,15-16H2,1-5H3,(H,32,33)/t17-,22+,28+/m1/s1. The Morgan fingerprint density at radius 2 is 1.74 bits per heavy atom. The molecule has 0 saturated carbocycles. The van der Waals surface area contributed by atoms with Crippen molar-refractivity contribution in [3.05, 3.63) is 59.2 Å². The Hall–Kier alpha value is -3.06. The molecule has 1 amide bonds. The maximum atomic E-state index is 13.1. The number of carboxylic acid groups (broad SMARTS) is 1. The average Bonchev–Trinajstić information content (AvgIpc) is 3.39. The van der Waals surface area contributed by atoms with Crippen LogP contribution in [0.2, 0.25) is 0 Å². The van der Waals surface area contributed by atoms with E-state index < -0.39 is 28.8 Å². The number of rotatable bonds is 7. The summed E-state index contributed by atoms with van der Waals surface area (Å²) < 4.78 is 12.0. The van der Waals surface area contributed by atoms with Gasteiger partial charge in [0.2, 0.25) is 5.91 Å². The minimum atomic E-state index is -1.54. The highest BCUT2D eigenvalue weighted by Crippen LogP contribution is 2.48. The molecule has 0 aromatic heterocycles. The average molecular weight is 482 g/mol. The Kier molecular flexibility index (Phi) is 6.58. The summed E-state index contributed by atoms with van der Waals surface area (Å²) in [6.07, 6.45) is 0.933. The maximum absolute atomic E-state index is 13.1. The number of amides is 1. The lowest BCUT2D eigenvalue weighted by Gasteiger charge is -2.34. The van der Waals surface area contributed by atoms with Crippen molar-refractivity contribution in [1.29, 1.82) is 0 Å². The van der Waals surface area contributed by atoms with Gasteiger partial charge in [0.05, 0.1) is 13.2 Å². The van der Waals surface area contributed by atoms with E-state index in [0.29, 0.717) is 18.0 Å². The van der Waals surface area contributed by atoms with E-state index in [4.69, 9.17) is 9.47 Å². The van der Waals surface area contributed by atoms with Gasteiger partial charge in [-0.2, -0.15) is 0 Å². The van der Waals surface area contributed by atoms with Crippen molar-refractivity contribution < 1.29 is 29.3 Å². The molecule has 35 heavy (non-hydrogen) atoms. The SMILES string of the molecule is COc1ccc([C@@H]2CN(C(=O)C(C)(C)C(=O)O)C[C@@]2(C)[C@@H](C)O)cc1OC1Cc2ccccc2C1. The molecule has 0 unspecified atom stereocenters. The van der Waals surface area contributed by atoms with Crippen molar-refractivity contribution in [2.24, 2.45) is 10.8 Å². The molecule has 0 spiro atoms. The van der Waals surface area contributed by atoms with E-state index in [-0.39, 0.29) is 18.6 Å². The molecule has 188 valence electrons. The van der Waals surface area contributed by atoms with Gasteiger partial charge in [-0.3, -0.25) is 9.59 Å². The molecule has 2 aromatic rings. The van der Waals surface area contributed by atoms with Gasteiger partial charge >= 0.3 is 5.97 Å². The van der Waals surface area contributed by atoms with Gasteiger partial charge in [0.1, 0.15) is 11.5 Å². The fourth-order valence-electron chi connectivity index (χ4n) is 5.35. The Balaban J connectivity index is 1.62. The minimum Gasteiger partial charge on any atom is -0.493 e. The van der Waals surface area contributed by atoms with Gasteiger partial charge in [-0.25, -0.2) is 0 Å². The van der Waals surface area contributed by atoms with Crippen LogP contribution in [0.15, 0.2) is 42.5 Å². The van der Waals surface area contributed by atoms with Crippen molar-refractivity contribution in [3.8, 4) is 11.5 Å². The number of carbonyl (C=O) groups is 2. The van der Waals surface area contributed by atoms with Gasteiger partial charge in [-0.1, -0.05) is 37.3 Å². The molecule has 1 heterocycles. The number of aliphatic hydroxyl groups excluding tert-OH is 1. The largest absolute Gasteiger partial charge is 0.493 e. The Morgan fingerprint density at radius 1 is 1.11 bits per heavy atom. The molecule has 1 aliphatic carbocycles. The first kappa shape index (κ1) is 25.0. The zero-order valence-corrected chi connectivity index (χ0v) is 21.1. The molecule has 2 aromatic carbocycles. The number of ether oxygens (including phenoxy) is 2. The van der Waals surface area contributed by atoms with Crippen LogP contribution in [-0.4, -0.2) is 59.4 Å². The summed E-state index contributed by atoms with van der Waals surface area (Å²) in [6, 6.07) is 14.1. The van der Waals surface area contributed by atoms with Crippen molar-refractivity contribution in [1.82, 2.24) is 4.90 Å². The molecule has 3 atom stereocenters. The number of methoxy groups -OCH3 is 1. The Morgan fingerprint density at radius 3 is 2.29 bits per heavy atom. The molecule has 4 rings (SSSR count). The van der Waals surface area contributed by atoms with Gasteiger partial charge < -0.3 is 24.6 Å². The third kappa shape index (κ3) is 4.49. The number of benzene rings is 2. The predicted octanol–water partition coefficient (Wildman–Crippen LogP) is 3.67. The number of aliphatic carboxylic acids is 1. The Bertz CT molecular complexity index is 1100. The number of nitrogens with zero attached hydrogens (tertiary/aromatic N) is 1. The second kappa shape index (κ2) is 9.19. The number of fused-ring (bicyclic) bond motifs is 1. The number of likely N-dealkylation sites (tertiary alicyclic amines) is 1. The van der Waals surface area contributed by atoms with E-state index in [0.717, 1.165) is 18.4 Å². The lowest BCUT2D eigenvalue weighted by Crippen LogP contribution is -2.45. The first-order chi connectivity index (χ1) is 16.5. The summed E-state index contributed by atoms with van der Waals surface area (Å²) in [5.74, 6) is -0.562. The first-order valence-electron chi connectivity index (χ1n) is 12.1. The van der Waals surface area contributed by atoms with Crippen LogP contribution >= 0.6 is 0 Å². The molecular weight excluding hydrogens is 446 g/mol. The highest BCUT2D eigenvalue weighted by atomic mass is 16.5. The van der Waals surface area contributed by atoms with Crippen LogP contribution in [0.1, 0.15) is 50.3 Å². The minimum absolute atomic E-state index is 0.00211. The third-order valence-corrected chi connectivity index (χ3v) is 7.94. The van der Waals surface area contributed by atoms with Crippen molar-refractivity contribution in [2.45, 2.75) is 58.7 Å². The number of carboxylic acids is 1. The van der Waals surface area contributed by atoms with E-state index in [1.54, 1.807) is 18.9 Å². The zero-order chi connectivity index (χ0) is 25.5. The van der Waals surface area contributed by atoms with Gasteiger partial charge in [-0.15, -0.1) is 0 Å². The van der Waals surface area contributed by atoms with Crippen LogP contribution < -0.4 is 9.47 Å². The molecular formula is C28H35NO6. The normalized spacial score (nSPS) is 23.1. The van der Waals surface area contributed by atoms with Crippen LogP contribution in [0.3, 0.4) is 0 Å². The summed E-state index contributed by atoms with van der Waals surface area (Å²) >= 11 is 0. The second-order valence-corrected chi connectivity index (χ2v) is 10.7. The number of carbonyl (C=O) groups excluding carboxylic acids is 1. The molecule has 2 aliphatic rings. The van der Waals surface area contributed by atoms with Gasteiger partial charge in [0.15, 0.2) is 11.5 Å². The smallest absolute Gasteiger partial charge is 0.318 e. The molecule has 1 aliphatic heterocycles. The first-order valence-corrected chi connectivity index (χ1v) is 12.1. The van der Waals surface area contributed by atoms with Gasteiger partial charge in [0, 0.05) is 37.3 Å². The van der Waals surface area contributed by atoms with Crippen molar-refractivity contribution in [2.75, 3.05) is 20.2 Å². The van der Waals surface area contributed by atoms with Crippen LogP contribution in [0.5, 0.6) is 11.5 Å². The highest BCUT2D eigenvalue weighted by Gasteiger charge is 2.51. The lowest BCUT2D eigenvalue weighted by atomic mass is 9.72. The van der Waals surface area contributed by atoms with Crippen LogP contribution in [0, 0.1) is 10.8 Å². The van der Waals surface area contributed by atoms with E-state index >= 15 is 0 Å². The van der Waals surface area contributed by atoms with E-state index in [2.05, 4.69) is 12.1 Å². The fourth-order valence-corrected chi connectivity index (χ4v) is 5.35. The lowest BCUT2D eigenvalue weighted by molar-refractivity contribution is -0.158. The monoisotopic (exact) mass is 481 g/mol. The molecule has 7 nitrogen and oxygen atoms in total. The van der Waals surface area contributed by atoms with Gasteiger partial charge in [0.25, 0.3) is 0 Å². The topological polar surface area (TPSA) is 96.3 Å². The third-order valence-electron chi connectivity index (χ3n) is 7.94. The zero-order valence-electron chi connectivity index (χ0n) is 21.1.